The summed E-state index contributed by atoms with van der Waals surface area (Å²) >= 11 is 1.43. The molecule has 0 saturated carbocycles. The summed E-state index contributed by atoms with van der Waals surface area (Å²) in [4.78, 5) is 0. The average molecular weight is 137 g/mol. The third-order valence-electron chi connectivity index (χ3n) is 0.616. The fourth-order valence-corrected chi connectivity index (χ4v) is 0.683. The normalized spacial score (nSPS) is 7.71. The highest BCUT2D eigenvalue weighted by molar-refractivity contribution is 7.97. The van der Waals surface area contributed by atoms with Crippen molar-refractivity contribution in [3.8, 4) is 0 Å². The molecule has 2 radical (unpaired) electrons. The van der Waals surface area contributed by atoms with E-state index in [-0.39, 0.29) is 13.5 Å². The number of unbranched alkanes of at least 4 members (excludes halogenated alkanes) is 1. The van der Waals surface area contributed by atoms with Gasteiger partial charge in [0.15, 0.2) is 0 Å². The summed E-state index contributed by atoms with van der Waals surface area (Å²) in [5.41, 5.74) is 0. The lowest BCUT2D eigenvalue weighted by molar-refractivity contribution is 0.896. The summed E-state index contributed by atoms with van der Waals surface area (Å²) in [5, 5.41) is 5.13. The van der Waals surface area contributed by atoms with E-state index in [1.807, 2.05) is 0 Å². The molecule has 0 bridgehead atoms. The van der Waals surface area contributed by atoms with Crippen molar-refractivity contribution in [3.05, 3.63) is 0 Å². The molecule has 0 spiro atoms. The van der Waals surface area contributed by atoms with Crippen LogP contribution in [0.25, 0.3) is 0 Å². The van der Waals surface area contributed by atoms with Crippen LogP contribution in [0.1, 0.15) is 19.8 Å². The molecule has 2 N–H and O–H groups in total. The minimum absolute atomic E-state index is 0. The van der Waals surface area contributed by atoms with Gasteiger partial charge in [0, 0.05) is 19.2 Å². The van der Waals surface area contributed by atoms with Crippen LogP contribution < -0.4 is 5.14 Å². The maximum atomic E-state index is 5.13. The summed E-state index contributed by atoms with van der Waals surface area (Å²) in [6.45, 7) is 2.16. The number of hydrogen-bond acceptors (Lipinski definition) is 2. The Hall–Kier alpha value is 0.660. The lowest BCUT2D eigenvalue weighted by Gasteiger charge is -1.86. The number of hydrogen-bond donors (Lipinski definition) is 1. The molecule has 3 heteroatoms. The lowest BCUT2D eigenvalue weighted by Crippen LogP contribution is -1.82. The number of rotatable bonds is 3. The highest BCUT2D eigenvalue weighted by Gasteiger charge is 1.75. The van der Waals surface area contributed by atoms with Crippen molar-refractivity contribution < 1.29 is 0 Å². The molecule has 0 atom stereocenters. The van der Waals surface area contributed by atoms with Gasteiger partial charge in [0.1, 0.15) is 0 Å². The second kappa shape index (κ2) is 9.83. The molecule has 0 aliphatic rings. The SMILES string of the molecule is CCCCSN.[S]. The first-order valence-corrected chi connectivity index (χ1v) is 3.28. The Morgan fingerprint density at radius 1 is 1.57 bits per heavy atom. The van der Waals surface area contributed by atoms with Crippen LogP contribution in [0.3, 0.4) is 0 Å². The van der Waals surface area contributed by atoms with Crippen LogP contribution in [-0.4, -0.2) is 5.75 Å². The van der Waals surface area contributed by atoms with E-state index in [4.69, 9.17) is 5.14 Å². The Balaban J connectivity index is 0. The van der Waals surface area contributed by atoms with E-state index < -0.39 is 0 Å². The Labute approximate surface area is 56.6 Å². The topological polar surface area (TPSA) is 26.0 Å². The minimum Gasteiger partial charge on any atom is -0.278 e. The van der Waals surface area contributed by atoms with Crippen molar-refractivity contribution in [1.82, 2.24) is 0 Å². The highest BCUT2D eigenvalue weighted by Crippen LogP contribution is 1.92. The zero-order valence-electron chi connectivity index (χ0n) is 4.52. The van der Waals surface area contributed by atoms with E-state index in [0.717, 1.165) is 5.75 Å². The van der Waals surface area contributed by atoms with Gasteiger partial charge in [0.05, 0.1) is 0 Å². The first-order chi connectivity index (χ1) is 2.91. The molecule has 0 aliphatic carbocycles. The molecule has 0 aromatic rings. The molecule has 0 heterocycles. The van der Waals surface area contributed by atoms with E-state index in [1.54, 1.807) is 0 Å². The largest absolute Gasteiger partial charge is 0.278 e. The van der Waals surface area contributed by atoms with Crippen LogP contribution in [0.4, 0.5) is 0 Å². The van der Waals surface area contributed by atoms with Crippen LogP contribution in [0.2, 0.25) is 0 Å². The minimum atomic E-state index is 0. The molecule has 0 saturated heterocycles. The molecule has 1 nitrogen and oxygen atoms in total. The zero-order chi connectivity index (χ0) is 4.83. The maximum Gasteiger partial charge on any atom is 0.00763 e. The van der Waals surface area contributed by atoms with Gasteiger partial charge in [-0.3, -0.25) is 5.14 Å². The molecule has 0 aromatic heterocycles. The maximum absolute atomic E-state index is 5.13. The monoisotopic (exact) mass is 137 g/mol. The van der Waals surface area contributed by atoms with Crippen LogP contribution in [0.5, 0.6) is 0 Å². The third-order valence-corrected chi connectivity index (χ3v) is 1.14. The lowest BCUT2D eigenvalue weighted by atomic mass is 10.4. The van der Waals surface area contributed by atoms with Gasteiger partial charge in [0.25, 0.3) is 0 Å². The summed E-state index contributed by atoms with van der Waals surface area (Å²) in [6.07, 6.45) is 2.51. The average Bonchev–Trinajstić information content (AvgIpc) is 1.61. The molecule has 0 rings (SSSR count). The zero-order valence-corrected chi connectivity index (χ0v) is 6.15. The first-order valence-electron chi connectivity index (χ1n) is 2.23. The summed E-state index contributed by atoms with van der Waals surface area (Å²) < 4.78 is 0. The summed E-state index contributed by atoms with van der Waals surface area (Å²) in [7, 11) is 0. The van der Waals surface area contributed by atoms with Crippen molar-refractivity contribution in [2.24, 2.45) is 5.14 Å². The third kappa shape index (κ3) is 10.8. The predicted octanol–water partition coefficient (Wildman–Crippen LogP) is 2.04. The van der Waals surface area contributed by atoms with Crippen LogP contribution in [0.15, 0.2) is 0 Å². The fourth-order valence-electron chi connectivity index (χ4n) is 0.228. The molecular weight excluding hydrogens is 126 g/mol. The highest BCUT2D eigenvalue weighted by atomic mass is 32.2. The first kappa shape index (κ1) is 10.6. The quantitative estimate of drug-likeness (QED) is 0.476. The van der Waals surface area contributed by atoms with Gasteiger partial charge in [-0.2, -0.15) is 0 Å². The molecule has 0 amide bonds. The van der Waals surface area contributed by atoms with Gasteiger partial charge in [-0.1, -0.05) is 25.3 Å². The summed E-state index contributed by atoms with van der Waals surface area (Å²) in [6, 6.07) is 0. The van der Waals surface area contributed by atoms with Gasteiger partial charge >= 0.3 is 0 Å². The molecule has 0 fully saturated rings. The standard InChI is InChI=1S/C4H11NS.S/c1-2-3-4-6-5;/h2-5H2,1H3;. The Morgan fingerprint density at radius 3 is 2.29 bits per heavy atom. The van der Waals surface area contributed by atoms with Crippen LogP contribution >= 0.6 is 25.4 Å². The van der Waals surface area contributed by atoms with Crippen LogP contribution in [-0.2, 0) is 0 Å². The Kier molecular flexibility index (Phi) is 14.9. The smallest absolute Gasteiger partial charge is 0.00763 e. The molecule has 7 heavy (non-hydrogen) atoms. The summed E-state index contributed by atoms with van der Waals surface area (Å²) in [5.74, 6) is 1.11. The van der Waals surface area contributed by atoms with Gasteiger partial charge in [-0.25, -0.2) is 0 Å². The van der Waals surface area contributed by atoms with Gasteiger partial charge in [-0.05, 0) is 6.42 Å². The van der Waals surface area contributed by atoms with Crippen molar-refractivity contribution in [3.63, 3.8) is 0 Å². The van der Waals surface area contributed by atoms with Gasteiger partial charge in [-0.15, -0.1) is 0 Å². The fraction of sp³-hybridized carbons (Fsp3) is 1.00. The molecule has 0 aromatic carbocycles. The molecular formula is C4H11NS2. The van der Waals surface area contributed by atoms with Crippen LogP contribution in [0, 0.1) is 0 Å². The van der Waals surface area contributed by atoms with Crippen molar-refractivity contribution in [1.29, 1.82) is 0 Å². The van der Waals surface area contributed by atoms with E-state index in [2.05, 4.69) is 6.92 Å². The van der Waals surface area contributed by atoms with Gasteiger partial charge in [0.2, 0.25) is 0 Å². The molecule has 0 aliphatic heterocycles. The Morgan fingerprint density at radius 2 is 2.14 bits per heavy atom. The molecule has 44 valence electrons. The van der Waals surface area contributed by atoms with E-state index in [1.165, 1.54) is 24.8 Å². The van der Waals surface area contributed by atoms with E-state index in [9.17, 15) is 0 Å². The number of nitrogens with two attached hydrogens (primary N) is 1. The van der Waals surface area contributed by atoms with E-state index >= 15 is 0 Å². The van der Waals surface area contributed by atoms with Crippen molar-refractivity contribution in [2.75, 3.05) is 5.75 Å². The second-order valence-electron chi connectivity index (χ2n) is 1.22. The van der Waals surface area contributed by atoms with Crippen molar-refractivity contribution in [2.45, 2.75) is 19.8 Å². The second-order valence-corrected chi connectivity index (χ2v) is 1.97. The van der Waals surface area contributed by atoms with Crippen molar-refractivity contribution >= 4 is 25.4 Å². The Bertz CT molecular complexity index is 21.7. The van der Waals surface area contributed by atoms with E-state index in [0.29, 0.717) is 0 Å². The molecule has 0 unspecified atom stereocenters. The predicted molar refractivity (Wildman–Crippen MR) is 39.1 cm³/mol. The van der Waals surface area contributed by atoms with Gasteiger partial charge < -0.3 is 0 Å².